The zero-order valence-corrected chi connectivity index (χ0v) is 15.7. The van der Waals surface area contributed by atoms with E-state index in [0.717, 1.165) is 49.3 Å². The third-order valence-corrected chi connectivity index (χ3v) is 4.35. The second-order valence-corrected chi connectivity index (χ2v) is 6.54. The molecule has 2 aromatic carbocycles. The summed E-state index contributed by atoms with van der Waals surface area (Å²) in [5.74, 6) is -0.00344. The molecule has 2 N–H and O–H groups in total. The minimum atomic E-state index is -0.00344. The fourth-order valence-corrected chi connectivity index (χ4v) is 2.78. The van der Waals surface area contributed by atoms with Crippen molar-refractivity contribution in [1.29, 1.82) is 0 Å². The number of nitrogens with zero attached hydrogens (tertiary/aromatic N) is 2. The van der Waals surface area contributed by atoms with E-state index in [9.17, 15) is 4.79 Å². The summed E-state index contributed by atoms with van der Waals surface area (Å²) in [6.45, 7) is 4.33. The van der Waals surface area contributed by atoms with Crippen LogP contribution in [0.15, 0.2) is 67.0 Å². The predicted molar refractivity (Wildman–Crippen MR) is 108 cm³/mol. The highest BCUT2D eigenvalue weighted by Crippen LogP contribution is 2.08. The van der Waals surface area contributed by atoms with Crippen LogP contribution in [0.1, 0.15) is 41.3 Å². The maximum atomic E-state index is 12.0. The Morgan fingerprint density at radius 2 is 1.74 bits per heavy atom. The van der Waals surface area contributed by atoms with Gasteiger partial charge in [0.1, 0.15) is 0 Å². The molecule has 5 nitrogen and oxygen atoms in total. The first-order valence-electron chi connectivity index (χ1n) is 9.43. The summed E-state index contributed by atoms with van der Waals surface area (Å²) in [5.41, 5.74) is 4.04. The zero-order valence-electron chi connectivity index (χ0n) is 15.7. The molecular formula is C22H26N4O. The van der Waals surface area contributed by atoms with Crippen molar-refractivity contribution in [2.45, 2.75) is 32.9 Å². The number of aromatic nitrogens is 2. The van der Waals surface area contributed by atoms with E-state index in [-0.39, 0.29) is 5.91 Å². The van der Waals surface area contributed by atoms with Crippen molar-refractivity contribution < 1.29 is 4.79 Å². The molecule has 27 heavy (non-hydrogen) atoms. The Balaban J connectivity index is 1.47. The van der Waals surface area contributed by atoms with Crippen molar-refractivity contribution in [3.63, 3.8) is 0 Å². The molecule has 1 aromatic heterocycles. The Kier molecular flexibility index (Phi) is 6.77. The average molecular weight is 362 g/mol. The molecule has 0 unspecified atom stereocenters. The molecule has 0 aliphatic rings. The second-order valence-electron chi connectivity index (χ2n) is 6.54. The number of hydrogen-bond acceptors (Lipinski definition) is 3. The number of hydrogen-bond donors (Lipinski definition) is 2. The van der Waals surface area contributed by atoms with Crippen molar-refractivity contribution in [2.75, 3.05) is 6.54 Å². The van der Waals surface area contributed by atoms with Crippen LogP contribution in [0.5, 0.6) is 0 Å². The van der Waals surface area contributed by atoms with Crippen LogP contribution in [-0.2, 0) is 13.1 Å². The third-order valence-electron chi connectivity index (χ3n) is 4.35. The molecule has 0 atom stereocenters. The Morgan fingerprint density at radius 3 is 2.48 bits per heavy atom. The lowest BCUT2D eigenvalue weighted by molar-refractivity contribution is 0.0953. The molecule has 0 aliphatic carbocycles. The monoisotopic (exact) mass is 362 g/mol. The fourth-order valence-electron chi connectivity index (χ4n) is 2.78. The van der Waals surface area contributed by atoms with Crippen LogP contribution in [0.2, 0.25) is 0 Å². The van der Waals surface area contributed by atoms with Gasteiger partial charge in [-0.3, -0.25) is 4.79 Å². The molecule has 5 heteroatoms. The minimum absolute atomic E-state index is 0.00344. The van der Waals surface area contributed by atoms with Crippen LogP contribution in [0, 0.1) is 0 Å². The number of rotatable bonds is 9. The first-order valence-corrected chi connectivity index (χ1v) is 9.43. The van der Waals surface area contributed by atoms with E-state index in [4.69, 9.17) is 0 Å². The van der Waals surface area contributed by atoms with Gasteiger partial charge in [-0.2, -0.15) is 5.10 Å². The van der Waals surface area contributed by atoms with Gasteiger partial charge < -0.3 is 10.6 Å². The molecule has 0 saturated carbocycles. The van der Waals surface area contributed by atoms with E-state index < -0.39 is 0 Å². The van der Waals surface area contributed by atoms with Gasteiger partial charge in [-0.25, -0.2) is 4.68 Å². The Morgan fingerprint density at radius 1 is 1.00 bits per heavy atom. The standard InChI is InChI=1S/C22H26N4O/c1-2-3-13-24-22(27)20-11-9-18(10-12-20)14-23-15-19-16-25-26(17-19)21-7-5-4-6-8-21/h4-12,16-17,23H,2-3,13-15H2,1H3,(H,24,27). The van der Waals surface area contributed by atoms with E-state index in [1.807, 2.05) is 71.7 Å². The van der Waals surface area contributed by atoms with Gasteiger partial charge >= 0.3 is 0 Å². The molecule has 1 amide bonds. The van der Waals surface area contributed by atoms with Crippen LogP contribution < -0.4 is 10.6 Å². The van der Waals surface area contributed by atoms with Gasteiger partial charge in [0.2, 0.25) is 0 Å². The fraction of sp³-hybridized carbons (Fsp3) is 0.273. The highest BCUT2D eigenvalue weighted by Gasteiger charge is 2.05. The Bertz CT molecular complexity index is 840. The first kappa shape index (κ1) is 18.9. The zero-order chi connectivity index (χ0) is 18.9. The molecule has 0 fully saturated rings. The summed E-state index contributed by atoms with van der Waals surface area (Å²) in [4.78, 5) is 12.0. The normalized spacial score (nSPS) is 10.7. The summed E-state index contributed by atoms with van der Waals surface area (Å²) >= 11 is 0. The first-order chi connectivity index (χ1) is 13.3. The quantitative estimate of drug-likeness (QED) is 0.571. The predicted octanol–water partition coefficient (Wildman–Crippen LogP) is 3.69. The molecule has 0 aliphatic heterocycles. The number of carbonyl (C=O) groups is 1. The summed E-state index contributed by atoms with van der Waals surface area (Å²) in [6.07, 6.45) is 6.00. The molecule has 140 valence electrons. The van der Waals surface area contributed by atoms with E-state index in [1.165, 1.54) is 0 Å². The van der Waals surface area contributed by atoms with Crippen LogP contribution in [0.4, 0.5) is 0 Å². The molecule has 3 rings (SSSR count). The van der Waals surface area contributed by atoms with Crippen molar-refractivity contribution in [2.24, 2.45) is 0 Å². The highest BCUT2D eigenvalue weighted by atomic mass is 16.1. The molecule has 1 heterocycles. The van der Waals surface area contributed by atoms with Crippen molar-refractivity contribution in [3.8, 4) is 5.69 Å². The van der Waals surface area contributed by atoms with Crippen LogP contribution in [0.25, 0.3) is 5.69 Å². The van der Waals surface area contributed by atoms with E-state index in [1.54, 1.807) is 0 Å². The maximum absolute atomic E-state index is 12.0. The van der Waals surface area contributed by atoms with E-state index in [2.05, 4.69) is 22.7 Å². The number of amides is 1. The van der Waals surface area contributed by atoms with Crippen LogP contribution in [-0.4, -0.2) is 22.2 Å². The van der Waals surface area contributed by atoms with Gasteiger partial charge in [-0.1, -0.05) is 43.7 Å². The minimum Gasteiger partial charge on any atom is -0.352 e. The molecule has 3 aromatic rings. The SMILES string of the molecule is CCCCNC(=O)c1ccc(CNCc2cnn(-c3ccccc3)c2)cc1. The highest BCUT2D eigenvalue weighted by molar-refractivity contribution is 5.94. The van der Waals surface area contributed by atoms with Gasteiger partial charge in [-0.15, -0.1) is 0 Å². The maximum Gasteiger partial charge on any atom is 0.251 e. The topological polar surface area (TPSA) is 59.0 Å². The number of benzene rings is 2. The number of unbranched alkanes of at least 4 members (excludes halogenated alkanes) is 1. The van der Waals surface area contributed by atoms with Crippen molar-refractivity contribution in [1.82, 2.24) is 20.4 Å². The van der Waals surface area contributed by atoms with E-state index in [0.29, 0.717) is 5.56 Å². The average Bonchev–Trinajstić information content (AvgIpc) is 3.18. The van der Waals surface area contributed by atoms with Gasteiger partial charge in [0, 0.05) is 37.0 Å². The third kappa shape index (κ3) is 5.53. The lowest BCUT2D eigenvalue weighted by Crippen LogP contribution is -2.24. The van der Waals surface area contributed by atoms with Crippen LogP contribution in [0.3, 0.4) is 0 Å². The Hall–Kier alpha value is -2.92. The van der Waals surface area contributed by atoms with E-state index >= 15 is 0 Å². The van der Waals surface area contributed by atoms with Crippen LogP contribution >= 0.6 is 0 Å². The molecule has 0 saturated heterocycles. The molecule has 0 radical (unpaired) electrons. The van der Waals surface area contributed by atoms with Gasteiger partial charge in [0.25, 0.3) is 5.91 Å². The smallest absolute Gasteiger partial charge is 0.251 e. The largest absolute Gasteiger partial charge is 0.352 e. The molecular weight excluding hydrogens is 336 g/mol. The molecule has 0 spiro atoms. The lowest BCUT2D eigenvalue weighted by atomic mass is 10.1. The lowest BCUT2D eigenvalue weighted by Gasteiger charge is -2.06. The van der Waals surface area contributed by atoms with Gasteiger partial charge in [0.05, 0.1) is 11.9 Å². The summed E-state index contributed by atoms with van der Waals surface area (Å²) < 4.78 is 1.88. The van der Waals surface area contributed by atoms with Gasteiger partial charge in [-0.05, 0) is 36.2 Å². The second kappa shape index (κ2) is 9.69. The summed E-state index contributed by atoms with van der Waals surface area (Å²) in [5, 5.41) is 10.8. The number of nitrogens with one attached hydrogen (secondary N) is 2. The Labute approximate surface area is 160 Å². The number of para-hydroxylation sites is 1. The van der Waals surface area contributed by atoms with Crippen molar-refractivity contribution in [3.05, 3.63) is 83.7 Å². The molecule has 0 bridgehead atoms. The number of carbonyl (C=O) groups excluding carboxylic acids is 1. The summed E-state index contributed by atoms with van der Waals surface area (Å²) in [7, 11) is 0. The van der Waals surface area contributed by atoms with Gasteiger partial charge in [0.15, 0.2) is 0 Å². The van der Waals surface area contributed by atoms with Crippen molar-refractivity contribution >= 4 is 5.91 Å². The summed E-state index contributed by atoms with van der Waals surface area (Å²) in [6, 6.07) is 17.8.